The molecule has 6 heteroatoms. The van der Waals surface area contributed by atoms with E-state index in [1.165, 1.54) is 0 Å². The largest absolute Gasteiger partial charge is 0.496 e. The average Bonchev–Trinajstić information content (AvgIpc) is 2.88. The van der Waals surface area contributed by atoms with Gasteiger partial charge in [-0.1, -0.05) is 17.8 Å². The quantitative estimate of drug-likeness (QED) is 0.656. The number of ether oxygens (including phenoxy) is 1. The second-order valence-corrected chi connectivity index (χ2v) is 5.29. The molecule has 0 aliphatic heterocycles. The van der Waals surface area contributed by atoms with E-state index in [9.17, 15) is 4.79 Å². The Bertz CT molecular complexity index is 665. The third kappa shape index (κ3) is 4.13. The Morgan fingerprint density at radius 1 is 1.52 bits per heavy atom. The first-order valence-corrected chi connectivity index (χ1v) is 7.26. The molecular weight excluding hydrogens is 288 g/mol. The predicted octanol–water partition coefficient (Wildman–Crippen LogP) is 2.82. The van der Waals surface area contributed by atoms with Gasteiger partial charge in [-0.15, -0.1) is 0 Å². The average molecular weight is 304 g/mol. The highest BCUT2D eigenvalue weighted by Crippen LogP contribution is 2.28. The van der Waals surface area contributed by atoms with Crippen molar-refractivity contribution in [1.29, 1.82) is 0 Å². The number of thioether (sulfide) groups is 1. The molecule has 0 aliphatic carbocycles. The van der Waals surface area contributed by atoms with Gasteiger partial charge in [0, 0.05) is 36.8 Å². The molecule has 1 N–H and O–H groups in total. The summed E-state index contributed by atoms with van der Waals surface area (Å²) in [6, 6.07) is 5.59. The molecule has 21 heavy (non-hydrogen) atoms. The summed E-state index contributed by atoms with van der Waals surface area (Å²) in [4.78, 5) is 14.8. The lowest BCUT2D eigenvalue weighted by molar-refractivity contribution is -0.131. The van der Waals surface area contributed by atoms with Gasteiger partial charge < -0.3 is 14.4 Å². The van der Waals surface area contributed by atoms with Crippen molar-refractivity contribution in [1.82, 2.24) is 9.55 Å². The Kier molecular flexibility index (Phi) is 5.05. The van der Waals surface area contributed by atoms with Gasteiger partial charge in [0.05, 0.1) is 7.11 Å². The van der Waals surface area contributed by atoms with Crippen LogP contribution in [-0.2, 0) is 17.6 Å². The fourth-order valence-electron chi connectivity index (χ4n) is 1.82. The lowest BCUT2D eigenvalue weighted by atomic mass is 10.1. The van der Waals surface area contributed by atoms with Crippen LogP contribution in [0, 0.1) is 0 Å². The Balaban J connectivity index is 2.17. The second kappa shape index (κ2) is 6.99. The van der Waals surface area contributed by atoms with Crippen molar-refractivity contribution in [2.75, 3.05) is 7.11 Å². The van der Waals surface area contributed by atoms with E-state index < -0.39 is 5.97 Å². The molecule has 0 saturated heterocycles. The van der Waals surface area contributed by atoms with Crippen LogP contribution in [-0.4, -0.2) is 27.7 Å². The van der Waals surface area contributed by atoms with E-state index in [4.69, 9.17) is 9.84 Å². The van der Waals surface area contributed by atoms with Gasteiger partial charge in [-0.2, -0.15) is 0 Å². The van der Waals surface area contributed by atoms with E-state index >= 15 is 0 Å². The molecular formula is C15H16N2O3S. The predicted molar refractivity (Wildman–Crippen MR) is 82.4 cm³/mol. The SMILES string of the molecule is COc1ccc(C=CC(=O)O)cc1CSc1nccn1C. The first-order chi connectivity index (χ1) is 10.1. The zero-order chi connectivity index (χ0) is 15.2. The summed E-state index contributed by atoms with van der Waals surface area (Å²) in [6.07, 6.45) is 6.34. The molecule has 0 amide bonds. The smallest absolute Gasteiger partial charge is 0.328 e. The van der Waals surface area contributed by atoms with Gasteiger partial charge in [0.15, 0.2) is 5.16 Å². The zero-order valence-corrected chi connectivity index (χ0v) is 12.6. The Hall–Kier alpha value is -2.21. The molecule has 0 atom stereocenters. The van der Waals surface area contributed by atoms with Crippen LogP contribution in [0.15, 0.2) is 41.8 Å². The van der Waals surface area contributed by atoms with Crippen LogP contribution in [0.1, 0.15) is 11.1 Å². The van der Waals surface area contributed by atoms with Crippen LogP contribution in [0.4, 0.5) is 0 Å². The van der Waals surface area contributed by atoms with Crippen LogP contribution in [0.25, 0.3) is 6.08 Å². The van der Waals surface area contributed by atoms with Crippen LogP contribution >= 0.6 is 11.8 Å². The number of nitrogens with zero attached hydrogens (tertiary/aromatic N) is 2. The van der Waals surface area contributed by atoms with E-state index in [0.717, 1.165) is 28.1 Å². The maximum atomic E-state index is 10.6. The maximum Gasteiger partial charge on any atom is 0.328 e. The van der Waals surface area contributed by atoms with Crippen molar-refractivity contribution < 1.29 is 14.6 Å². The standard InChI is InChI=1S/C15H16N2O3S/c1-17-8-7-16-15(17)21-10-12-9-11(4-6-14(18)19)3-5-13(12)20-2/h3-9H,10H2,1-2H3,(H,18,19). The van der Waals surface area contributed by atoms with Gasteiger partial charge in [0.25, 0.3) is 0 Å². The maximum absolute atomic E-state index is 10.6. The van der Waals surface area contributed by atoms with Crippen molar-refractivity contribution in [2.24, 2.45) is 7.05 Å². The number of benzene rings is 1. The Morgan fingerprint density at radius 3 is 2.95 bits per heavy atom. The fourth-order valence-corrected chi connectivity index (χ4v) is 2.73. The number of aryl methyl sites for hydroxylation is 1. The van der Waals surface area contributed by atoms with Gasteiger partial charge in [0.1, 0.15) is 5.75 Å². The molecule has 0 spiro atoms. The van der Waals surface area contributed by atoms with Gasteiger partial charge in [-0.05, 0) is 23.8 Å². The summed E-state index contributed by atoms with van der Waals surface area (Å²) in [5.41, 5.74) is 1.83. The summed E-state index contributed by atoms with van der Waals surface area (Å²) in [7, 11) is 3.57. The number of rotatable bonds is 6. The van der Waals surface area contributed by atoms with E-state index in [2.05, 4.69) is 4.98 Å². The summed E-state index contributed by atoms with van der Waals surface area (Å²) in [6.45, 7) is 0. The van der Waals surface area contributed by atoms with Crippen molar-refractivity contribution in [3.8, 4) is 5.75 Å². The van der Waals surface area contributed by atoms with Crippen molar-refractivity contribution in [3.63, 3.8) is 0 Å². The Labute approximate surface area is 127 Å². The van der Waals surface area contributed by atoms with E-state index in [0.29, 0.717) is 5.75 Å². The number of aliphatic carboxylic acids is 1. The normalized spacial score (nSPS) is 11.0. The fraction of sp³-hybridized carbons (Fsp3) is 0.200. The highest BCUT2D eigenvalue weighted by atomic mass is 32.2. The molecule has 2 aromatic rings. The molecule has 0 unspecified atom stereocenters. The topological polar surface area (TPSA) is 64.3 Å². The number of imidazole rings is 1. The van der Waals surface area contributed by atoms with Crippen LogP contribution in [0.2, 0.25) is 0 Å². The van der Waals surface area contributed by atoms with E-state index in [-0.39, 0.29) is 0 Å². The molecule has 110 valence electrons. The lowest BCUT2D eigenvalue weighted by Crippen LogP contribution is -1.94. The van der Waals surface area contributed by atoms with Crippen molar-refractivity contribution in [3.05, 3.63) is 47.8 Å². The van der Waals surface area contributed by atoms with Crippen molar-refractivity contribution >= 4 is 23.8 Å². The number of methoxy groups -OCH3 is 1. The highest BCUT2D eigenvalue weighted by Gasteiger charge is 2.07. The number of aromatic nitrogens is 2. The molecule has 2 rings (SSSR count). The molecule has 5 nitrogen and oxygen atoms in total. The molecule has 1 aromatic heterocycles. The number of carboxylic acids is 1. The number of carboxylic acid groups (broad SMARTS) is 1. The van der Waals surface area contributed by atoms with E-state index in [1.54, 1.807) is 31.1 Å². The molecule has 0 bridgehead atoms. The van der Waals surface area contributed by atoms with Crippen LogP contribution in [0.3, 0.4) is 0 Å². The molecule has 0 radical (unpaired) electrons. The lowest BCUT2D eigenvalue weighted by Gasteiger charge is -2.09. The van der Waals surface area contributed by atoms with Gasteiger partial charge in [-0.3, -0.25) is 0 Å². The summed E-state index contributed by atoms with van der Waals surface area (Å²) in [5.74, 6) is 0.516. The molecule has 0 saturated carbocycles. The first kappa shape index (κ1) is 15.2. The summed E-state index contributed by atoms with van der Waals surface area (Å²) < 4.78 is 7.29. The first-order valence-electron chi connectivity index (χ1n) is 6.28. The van der Waals surface area contributed by atoms with Crippen LogP contribution in [0.5, 0.6) is 5.75 Å². The van der Waals surface area contributed by atoms with Gasteiger partial charge >= 0.3 is 5.97 Å². The third-order valence-corrected chi connectivity index (χ3v) is 3.96. The molecule has 0 fully saturated rings. The van der Waals surface area contributed by atoms with Crippen molar-refractivity contribution in [2.45, 2.75) is 10.9 Å². The van der Waals surface area contributed by atoms with Gasteiger partial charge in [0.2, 0.25) is 0 Å². The number of carbonyl (C=O) groups is 1. The van der Waals surface area contributed by atoms with E-state index in [1.807, 2.05) is 36.0 Å². The molecule has 0 aliphatic rings. The summed E-state index contributed by atoms with van der Waals surface area (Å²) >= 11 is 1.60. The number of hydrogen-bond donors (Lipinski definition) is 1. The number of hydrogen-bond acceptors (Lipinski definition) is 4. The monoisotopic (exact) mass is 304 g/mol. The zero-order valence-electron chi connectivity index (χ0n) is 11.8. The summed E-state index contributed by atoms with van der Waals surface area (Å²) in [5, 5.41) is 9.60. The molecule has 1 heterocycles. The minimum absolute atomic E-state index is 0.697. The van der Waals surface area contributed by atoms with Crippen LogP contribution < -0.4 is 4.74 Å². The minimum atomic E-state index is -0.963. The third-order valence-electron chi connectivity index (χ3n) is 2.86. The Morgan fingerprint density at radius 2 is 2.33 bits per heavy atom. The minimum Gasteiger partial charge on any atom is -0.496 e. The van der Waals surface area contributed by atoms with Gasteiger partial charge in [-0.25, -0.2) is 9.78 Å². The highest BCUT2D eigenvalue weighted by molar-refractivity contribution is 7.98. The molecule has 1 aromatic carbocycles. The second-order valence-electron chi connectivity index (χ2n) is 4.35.